The quantitative estimate of drug-likeness (QED) is 0.845. The summed E-state index contributed by atoms with van der Waals surface area (Å²) in [6.45, 7) is 3.10. The zero-order valence-electron chi connectivity index (χ0n) is 14.9. The summed E-state index contributed by atoms with van der Waals surface area (Å²) in [4.78, 5) is 13.7. The number of fused-ring (bicyclic) bond motifs is 1. The van der Waals surface area contributed by atoms with E-state index >= 15 is 0 Å². The fourth-order valence-corrected chi connectivity index (χ4v) is 2.99. The molecule has 24 heavy (non-hydrogen) atoms. The van der Waals surface area contributed by atoms with E-state index in [9.17, 15) is 9.18 Å². The largest absolute Gasteiger partial charge is 0.496 e. The SMILES string of the molecule is CCn1cc(CC(=O)N(C)C)c2c(OC)c(CCCN)cc(F)c21. The van der Waals surface area contributed by atoms with Gasteiger partial charge in [-0.15, -0.1) is 0 Å². The molecule has 1 amide bonds. The van der Waals surface area contributed by atoms with Crippen LogP contribution in [0.15, 0.2) is 12.3 Å². The molecule has 0 bridgehead atoms. The predicted octanol–water partition coefficient (Wildman–Crippen LogP) is 2.33. The number of carbonyl (C=O) groups excluding carboxylic acids is 1. The molecule has 0 aliphatic carbocycles. The Labute approximate surface area is 142 Å². The lowest BCUT2D eigenvalue weighted by Crippen LogP contribution is -2.23. The monoisotopic (exact) mass is 335 g/mol. The zero-order valence-corrected chi connectivity index (χ0v) is 14.9. The summed E-state index contributed by atoms with van der Waals surface area (Å²) in [5.74, 6) is 0.330. The van der Waals surface area contributed by atoms with Gasteiger partial charge in [-0.3, -0.25) is 4.79 Å². The maximum absolute atomic E-state index is 14.7. The van der Waals surface area contributed by atoms with E-state index in [0.29, 0.717) is 36.2 Å². The molecule has 0 unspecified atom stereocenters. The Morgan fingerprint density at radius 2 is 2.08 bits per heavy atom. The molecule has 1 aromatic heterocycles. The van der Waals surface area contributed by atoms with Crippen LogP contribution in [-0.4, -0.2) is 43.1 Å². The van der Waals surface area contributed by atoms with E-state index < -0.39 is 0 Å². The molecule has 5 nitrogen and oxygen atoms in total. The molecule has 0 fully saturated rings. The van der Waals surface area contributed by atoms with Crippen LogP contribution in [0.4, 0.5) is 4.39 Å². The van der Waals surface area contributed by atoms with Gasteiger partial charge in [0, 0.05) is 32.2 Å². The van der Waals surface area contributed by atoms with Crippen molar-refractivity contribution in [2.24, 2.45) is 5.73 Å². The van der Waals surface area contributed by atoms with Crippen LogP contribution >= 0.6 is 0 Å². The van der Waals surface area contributed by atoms with Gasteiger partial charge >= 0.3 is 0 Å². The number of aryl methyl sites for hydroxylation is 2. The van der Waals surface area contributed by atoms with Crippen molar-refractivity contribution in [3.63, 3.8) is 0 Å². The number of nitrogens with zero attached hydrogens (tertiary/aromatic N) is 2. The molecule has 0 saturated heterocycles. The van der Waals surface area contributed by atoms with Crippen LogP contribution in [0.5, 0.6) is 5.75 Å². The molecule has 0 aliphatic rings. The van der Waals surface area contributed by atoms with Gasteiger partial charge in [-0.2, -0.15) is 0 Å². The van der Waals surface area contributed by atoms with E-state index in [1.165, 1.54) is 11.0 Å². The first-order valence-electron chi connectivity index (χ1n) is 8.21. The first kappa shape index (κ1) is 18.3. The second kappa shape index (κ2) is 7.66. The van der Waals surface area contributed by atoms with Gasteiger partial charge in [-0.05, 0) is 43.5 Å². The third kappa shape index (κ3) is 3.38. The molecule has 0 saturated carbocycles. The number of carbonyl (C=O) groups is 1. The van der Waals surface area contributed by atoms with E-state index in [4.69, 9.17) is 10.5 Å². The summed E-state index contributed by atoms with van der Waals surface area (Å²) in [6.07, 6.45) is 3.46. The van der Waals surface area contributed by atoms with Crippen LogP contribution in [0.2, 0.25) is 0 Å². The molecule has 0 aliphatic heterocycles. The summed E-state index contributed by atoms with van der Waals surface area (Å²) in [7, 11) is 5.01. The van der Waals surface area contributed by atoms with Crippen LogP contribution < -0.4 is 10.5 Å². The fourth-order valence-electron chi connectivity index (χ4n) is 2.99. The Morgan fingerprint density at radius 3 is 2.62 bits per heavy atom. The van der Waals surface area contributed by atoms with E-state index in [1.807, 2.05) is 17.7 Å². The molecule has 2 rings (SSSR count). The lowest BCUT2D eigenvalue weighted by Gasteiger charge is -2.14. The van der Waals surface area contributed by atoms with Crippen molar-refractivity contribution in [1.82, 2.24) is 9.47 Å². The molecule has 2 aromatic rings. The number of halogens is 1. The molecular weight excluding hydrogens is 309 g/mol. The Morgan fingerprint density at radius 1 is 1.38 bits per heavy atom. The van der Waals surface area contributed by atoms with Crippen molar-refractivity contribution in [2.75, 3.05) is 27.7 Å². The number of nitrogens with two attached hydrogens (primary N) is 1. The minimum absolute atomic E-state index is 0.0278. The number of hydrogen-bond donors (Lipinski definition) is 1. The lowest BCUT2D eigenvalue weighted by atomic mass is 10.0. The Balaban J connectivity index is 2.68. The molecular formula is C18H26FN3O2. The van der Waals surface area contributed by atoms with Crippen LogP contribution in [0.25, 0.3) is 10.9 Å². The number of benzene rings is 1. The third-order valence-electron chi connectivity index (χ3n) is 4.24. The smallest absolute Gasteiger partial charge is 0.226 e. The number of methoxy groups -OCH3 is 1. The second-order valence-electron chi connectivity index (χ2n) is 6.07. The molecule has 0 radical (unpaired) electrons. The minimum Gasteiger partial charge on any atom is -0.496 e. The summed E-state index contributed by atoms with van der Waals surface area (Å²) in [5.41, 5.74) is 7.66. The van der Waals surface area contributed by atoms with Crippen molar-refractivity contribution in [3.05, 3.63) is 29.2 Å². The summed E-state index contributed by atoms with van der Waals surface area (Å²) < 4.78 is 22.2. The number of likely N-dealkylation sites (N-methyl/N-ethyl adjacent to an activating group) is 1. The van der Waals surface area contributed by atoms with Crippen molar-refractivity contribution in [3.8, 4) is 5.75 Å². The Bertz CT molecular complexity index is 738. The van der Waals surface area contributed by atoms with Gasteiger partial charge < -0.3 is 19.9 Å². The second-order valence-corrected chi connectivity index (χ2v) is 6.07. The van der Waals surface area contributed by atoms with Crippen molar-refractivity contribution >= 4 is 16.8 Å². The highest BCUT2D eigenvalue weighted by atomic mass is 19.1. The number of amides is 1. The van der Waals surface area contributed by atoms with Crippen LogP contribution in [-0.2, 0) is 24.2 Å². The van der Waals surface area contributed by atoms with Crippen molar-refractivity contribution in [2.45, 2.75) is 32.7 Å². The first-order chi connectivity index (χ1) is 11.4. The highest BCUT2D eigenvalue weighted by Crippen LogP contribution is 2.37. The third-order valence-corrected chi connectivity index (χ3v) is 4.24. The van der Waals surface area contributed by atoms with Gasteiger partial charge in [0.25, 0.3) is 0 Å². The van der Waals surface area contributed by atoms with E-state index in [-0.39, 0.29) is 18.1 Å². The number of rotatable bonds is 7. The van der Waals surface area contributed by atoms with Crippen LogP contribution in [0.3, 0.4) is 0 Å². The molecule has 6 heteroatoms. The molecule has 1 heterocycles. The predicted molar refractivity (Wildman–Crippen MR) is 93.9 cm³/mol. The molecule has 0 atom stereocenters. The van der Waals surface area contributed by atoms with Crippen LogP contribution in [0.1, 0.15) is 24.5 Å². The lowest BCUT2D eigenvalue weighted by molar-refractivity contribution is -0.127. The fraction of sp³-hybridized carbons (Fsp3) is 0.500. The highest BCUT2D eigenvalue weighted by molar-refractivity contribution is 5.95. The number of aromatic nitrogens is 1. The van der Waals surface area contributed by atoms with Gasteiger partial charge in [0.15, 0.2) is 0 Å². The maximum Gasteiger partial charge on any atom is 0.226 e. The van der Waals surface area contributed by atoms with Crippen LogP contribution in [0, 0.1) is 5.82 Å². The first-order valence-corrected chi connectivity index (χ1v) is 8.21. The summed E-state index contributed by atoms with van der Waals surface area (Å²) in [5, 5.41) is 0.696. The Hall–Kier alpha value is -2.08. The van der Waals surface area contributed by atoms with Gasteiger partial charge in [-0.25, -0.2) is 4.39 Å². The van der Waals surface area contributed by atoms with Gasteiger partial charge in [0.2, 0.25) is 5.91 Å². The van der Waals surface area contributed by atoms with Gasteiger partial charge in [0.05, 0.1) is 19.0 Å². The molecule has 132 valence electrons. The summed E-state index contributed by atoms with van der Waals surface area (Å²) >= 11 is 0. The van der Waals surface area contributed by atoms with Crippen molar-refractivity contribution < 1.29 is 13.9 Å². The van der Waals surface area contributed by atoms with Gasteiger partial charge in [0.1, 0.15) is 11.6 Å². The topological polar surface area (TPSA) is 60.5 Å². The maximum atomic E-state index is 14.7. The van der Waals surface area contributed by atoms with Gasteiger partial charge in [-0.1, -0.05) is 0 Å². The average Bonchev–Trinajstić information content (AvgIpc) is 2.92. The normalized spacial score (nSPS) is 11.1. The average molecular weight is 335 g/mol. The number of hydrogen-bond acceptors (Lipinski definition) is 3. The molecule has 0 spiro atoms. The number of ether oxygens (including phenoxy) is 1. The Kier molecular flexibility index (Phi) is 5.83. The standard InChI is InChI=1S/C18H26FN3O2/c1-5-22-11-13(10-15(23)21(2)3)16-17(22)14(19)9-12(7-6-8-20)18(16)24-4/h9,11H,5-8,10,20H2,1-4H3. The molecule has 1 aromatic carbocycles. The van der Waals surface area contributed by atoms with E-state index in [2.05, 4.69) is 0 Å². The highest BCUT2D eigenvalue weighted by Gasteiger charge is 2.22. The van der Waals surface area contributed by atoms with E-state index in [0.717, 1.165) is 17.5 Å². The van der Waals surface area contributed by atoms with E-state index in [1.54, 1.807) is 21.2 Å². The molecule has 2 N–H and O–H groups in total. The van der Waals surface area contributed by atoms with Crippen molar-refractivity contribution in [1.29, 1.82) is 0 Å². The summed E-state index contributed by atoms with van der Waals surface area (Å²) in [6, 6.07) is 1.53. The minimum atomic E-state index is -0.289. The zero-order chi connectivity index (χ0) is 17.9.